The van der Waals surface area contributed by atoms with Crippen molar-refractivity contribution in [3.05, 3.63) is 29.8 Å². The van der Waals surface area contributed by atoms with Crippen molar-refractivity contribution < 1.29 is 9.53 Å². The fourth-order valence-corrected chi connectivity index (χ4v) is 2.52. The molecule has 2 rings (SSSR count). The summed E-state index contributed by atoms with van der Waals surface area (Å²) < 4.78 is 5.15. The fraction of sp³-hybridized carbons (Fsp3) is 0.500. The Morgan fingerprint density at radius 2 is 2.26 bits per heavy atom. The molecular formula is C14H21ClN2O2. The normalized spacial score (nSPS) is 21.9. The van der Waals surface area contributed by atoms with Crippen molar-refractivity contribution in [1.29, 1.82) is 0 Å². The van der Waals surface area contributed by atoms with Crippen LogP contribution >= 0.6 is 12.4 Å². The van der Waals surface area contributed by atoms with Crippen LogP contribution in [0.1, 0.15) is 23.7 Å². The molecule has 0 radical (unpaired) electrons. The number of nitrogens with two attached hydrogens (primary N) is 1. The standard InChI is InChI=1S/C14H20N2O2.ClH/c1-10-6-11(8-15)9-16(10)14(17)12-4-3-5-13(7-12)18-2;/h3-5,7,10-11H,6,8-9,15H2,1-2H3;1H. The van der Waals surface area contributed by atoms with Crippen LogP contribution in [0.4, 0.5) is 0 Å². The molecule has 106 valence electrons. The van der Waals surface area contributed by atoms with Gasteiger partial charge < -0.3 is 15.4 Å². The van der Waals surface area contributed by atoms with Crippen molar-refractivity contribution in [2.75, 3.05) is 20.2 Å². The van der Waals surface area contributed by atoms with Crippen LogP contribution in [0.25, 0.3) is 0 Å². The predicted octanol–water partition coefficient (Wildman–Crippen LogP) is 1.93. The van der Waals surface area contributed by atoms with E-state index in [-0.39, 0.29) is 24.4 Å². The topological polar surface area (TPSA) is 55.6 Å². The number of benzene rings is 1. The number of nitrogens with zero attached hydrogens (tertiary/aromatic N) is 1. The van der Waals surface area contributed by atoms with Gasteiger partial charge in [0.05, 0.1) is 7.11 Å². The molecule has 1 aliphatic heterocycles. The molecule has 4 nitrogen and oxygen atoms in total. The average Bonchev–Trinajstić information content (AvgIpc) is 2.79. The minimum Gasteiger partial charge on any atom is -0.497 e. The van der Waals surface area contributed by atoms with Gasteiger partial charge in [0, 0.05) is 18.2 Å². The Morgan fingerprint density at radius 1 is 1.53 bits per heavy atom. The molecule has 1 aliphatic rings. The van der Waals surface area contributed by atoms with Gasteiger partial charge in [-0.1, -0.05) is 6.07 Å². The highest BCUT2D eigenvalue weighted by Crippen LogP contribution is 2.25. The van der Waals surface area contributed by atoms with E-state index in [4.69, 9.17) is 10.5 Å². The van der Waals surface area contributed by atoms with Gasteiger partial charge in [-0.3, -0.25) is 4.79 Å². The minimum absolute atomic E-state index is 0. The lowest BCUT2D eigenvalue weighted by molar-refractivity contribution is 0.0743. The van der Waals surface area contributed by atoms with Gasteiger partial charge in [0.2, 0.25) is 0 Å². The number of likely N-dealkylation sites (tertiary alicyclic amines) is 1. The molecule has 2 atom stereocenters. The highest BCUT2D eigenvalue weighted by atomic mass is 35.5. The van der Waals surface area contributed by atoms with Gasteiger partial charge in [-0.05, 0) is 44.0 Å². The first-order chi connectivity index (χ1) is 8.65. The summed E-state index contributed by atoms with van der Waals surface area (Å²) in [5.41, 5.74) is 6.36. The van der Waals surface area contributed by atoms with E-state index >= 15 is 0 Å². The van der Waals surface area contributed by atoms with E-state index in [9.17, 15) is 4.79 Å². The number of methoxy groups -OCH3 is 1. The Hall–Kier alpha value is -1.26. The Kier molecular flexibility index (Phi) is 5.63. The molecule has 1 fully saturated rings. The number of hydrogen-bond donors (Lipinski definition) is 1. The first-order valence-corrected chi connectivity index (χ1v) is 6.30. The van der Waals surface area contributed by atoms with Crippen LogP contribution in [0.3, 0.4) is 0 Å². The zero-order valence-electron chi connectivity index (χ0n) is 11.3. The lowest BCUT2D eigenvalue weighted by Crippen LogP contribution is -2.34. The molecule has 1 aromatic carbocycles. The van der Waals surface area contributed by atoms with Crippen LogP contribution in [-0.2, 0) is 0 Å². The highest BCUT2D eigenvalue weighted by molar-refractivity contribution is 5.95. The van der Waals surface area contributed by atoms with Crippen LogP contribution in [0.15, 0.2) is 24.3 Å². The maximum Gasteiger partial charge on any atom is 0.254 e. The smallest absolute Gasteiger partial charge is 0.254 e. The maximum atomic E-state index is 12.4. The Morgan fingerprint density at radius 3 is 2.84 bits per heavy atom. The second-order valence-electron chi connectivity index (χ2n) is 4.88. The van der Waals surface area contributed by atoms with Crippen molar-refractivity contribution in [2.45, 2.75) is 19.4 Å². The number of carbonyl (C=O) groups is 1. The Balaban J connectivity index is 0.00000180. The predicted molar refractivity (Wildman–Crippen MR) is 77.9 cm³/mol. The number of ether oxygens (including phenoxy) is 1. The highest BCUT2D eigenvalue weighted by Gasteiger charge is 2.32. The molecule has 1 heterocycles. The molecule has 0 aromatic heterocycles. The van der Waals surface area contributed by atoms with Gasteiger partial charge in [-0.15, -0.1) is 12.4 Å². The number of rotatable bonds is 3. The molecule has 5 heteroatoms. The van der Waals surface area contributed by atoms with E-state index in [0.717, 1.165) is 13.0 Å². The Bertz CT molecular complexity index is 439. The summed E-state index contributed by atoms with van der Waals surface area (Å²) in [4.78, 5) is 14.3. The van der Waals surface area contributed by atoms with Crippen LogP contribution in [0, 0.1) is 5.92 Å². The van der Waals surface area contributed by atoms with Crippen molar-refractivity contribution in [3.63, 3.8) is 0 Å². The molecule has 1 aromatic rings. The van der Waals surface area contributed by atoms with Crippen LogP contribution in [-0.4, -0.2) is 37.0 Å². The number of carbonyl (C=O) groups excluding carboxylic acids is 1. The van der Waals surface area contributed by atoms with Crippen molar-refractivity contribution in [3.8, 4) is 5.75 Å². The first-order valence-electron chi connectivity index (χ1n) is 6.30. The zero-order chi connectivity index (χ0) is 13.1. The van der Waals surface area contributed by atoms with Crippen molar-refractivity contribution in [2.24, 2.45) is 11.7 Å². The average molecular weight is 285 g/mol. The van der Waals surface area contributed by atoms with Crippen LogP contribution < -0.4 is 10.5 Å². The van der Waals surface area contributed by atoms with E-state index in [1.807, 2.05) is 23.1 Å². The summed E-state index contributed by atoms with van der Waals surface area (Å²) in [6, 6.07) is 7.55. The van der Waals surface area contributed by atoms with Crippen LogP contribution in [0.2, 0.25) is 0 Å². The summed E-state index contributed by atoms with van der Waals surface area (Å²) in [7, 11) is 1.60. The van der Waals surface area contributed by atoms with E-state index in [2.05, 4.69) is 6.92 Å². The fourth-order valence-electron chi connectivity index (χ4n) is 2.52. The molecule has 1 saturated heterocycles. The van der Waals surface area contributed by atoms with E-state index in [1.165, 1.54) is 0 Å². The largest absolute Gasteiger partial charge is 0.497 e. The second kappa shape index (κ2) is 6.78. The first kappa shape index (κ1) is 15.8. The van der Waals surface area contributed by atoms with Crippen molar-refractivity contribution in [1.82, 2.24) is 4.90 Å². The molecular weight excluding hydrogens is 264 g/mol. The number of halogens is 1. The van der Waals surface area contributed by atoms with E-state index in [0.29, 0.717) is 23.8 Å². The third-order valence-corrected chi connectivity index (χ3v) is 3.57. The van der Waals surface area contributed by atoms with E-state index in [1.54, 1.807) is 13.2 Å². The number of hydrogen-bond acceptors (Lipinski definition) is 3. The summed E-state index contributed by atoms with van der Waals surface area (Å²) in [6.45, 7) is 3.48. The molecule has 1 amide bonds. The summed E-state index contributed by atoms with van der Waals surface area (Å²) in [6.07, 6.45) is 0.992. The summed E-state index contributed by atoms with van der Waals surface area (Å²) in [5.74, 6) is 1.20. The molecule has 0 aliphatic carbocycles. The Labute approximate surface area is 120 Å². The van der Waals surface area contributed by atoms with Gasteiger partial charge in [0.25, 0.3) is 5.91 Å². The quantitative estimate of drug-likeness (QED) is 0.923. The van der Waals surface area contributed by atoms with Gasteiger partial charge >= 0.3 is 0 Å². The third-order valence-electron chi connectivity index (χ3n) is 3.57. The van der Waals surface area contributed by atoms with Gasteiger partial charge in [0.15, 0.2) is 0 Å². The molecule has 19 heavy (non-hydrogen) atoms. The van der Waals surface area contributed by atoms with Gasteiger partial charge in [-0.25, -0.2) is 0 Å². The monoisotopic (exact) mass is 284 g/mol. The molecule has 0 bridgehead atoms. The van der Waals surface area contributed by atoms with Gasteiger partial charge in [0.1, 0.15) is 5.75 Å². The SMILES string of the molecule is COc1cccc(C(=O)N2CC(CN)CC2C)c1.Cl. The second-order valence-corrected chi connectivity index (χ2v) is 4.88. The van der Waals surface area contributed by atoms with Crippen molar-refractivity contribution >= 4 is 18.3 Å². The lowest BCUT2D eigenvalue weighted by atomic mass is 10.1. The lowest BCUT2D eigenvalue weighted by Gasteiger charge is -2.21. The van der Waals surface area contributed by atoms with Crippen LogP contribution in [0.5, 0.6) is 5.75 Å². The minimum atomic E-state index is 0. The molecule has 2 N–H and O–H groups in total. The zero-order valence-corrected chi connectivity index (χ0v) is 12.2. The summed E-state index contributed by atoms with van der Waals surface area (Å²) in [5, 5.41) is 0. The maximum absolute atomic E-state index is 12.4. The van der Waals surface area contributed by atoms with E-state index < -0.39 is 0 Å². The summed E-state index contributed by atoms with van der Waals surface area (Å²) >= 11 is 0. The molecule has 0 saturated carbocycles. The van der Waals surface area contributed by atoms with Gasteiger partial charge in [-0.2, -0.15) is 0 Å². The third kappa shape index (κ3) is 3.39. The number of amides is 1. The molecule has 0 spiro atoms. The molecule has 2 unspecified atom stereocenters.